The van der Waals surface area contributed by atoms with Gasteiger partial charge in [-0.15, -0.1) is 0 Å². The molecule has 0 aliphatic heterocycles. The first-order valence-electron chi connectivity index (χ1n) is 6.26. The number of rotatable bonds is 3. The SMILES string of the molecule is Cn1cnc2cc(S(=O)(=O)Nc3ccc(F)c(Cl)c3)ccc21. The van der Waals surface area contributed by atoms with Gasteiger partial charge in [-0.25, -0.2) is 17.8 Å². The van der Waals surface area contributed by atoms with Crippen LogP contribution in [0.15, 0.2) is 47.6 Å². The monoisotopic (exact) mass is 339 g/mol. The fraction of sp³-hybridized carbons (Fsp3) is 0.0714. The van der Waals surface area contributed by atoms with Gasteiger partial charge in [0.2, 0.25) is 0 Å². The molecule has 0 saturated heterocycles. The van der Waals surface area contributed by atoms with Gasteiger partial charge in [0.15, 0.2) is 0 Å². The smallest absolute Gasteiger partial charge is 0.261 e. The van der Waals surface area contributed by atoms with Crippen molar-refractivity contribution >= 4 is 38.3 Å². The molecule has 3 aromatic rings. The van der Waals surface area contributed by atoms with E-state index < -0.39 is 15.8 Å². The van der Waals surface area contributed by atoms with Gasteiger partial charge in [-0.2, -0.15) is 0 Å². The van der Waals surface area contributed by atoms with E-state index in [0.717, 1.165) is 11.6 Å². The Bertz CT molecular complexity index is 969. The number of nitrogens with one attached hydrogen (secondary N) is 1. The minimum Gasteiger partial charge on any atom is -0.334 e. The Morgan fingerprint density at radius 3 is 2.73 bits per heavy atom. The van der Waals surface area contributed by atoms with Crippen molar-refractivity contribution in [1.82, 2.24) is 9.55 Å². The molecule has 0 spiro atoms. The number of aromatic nitrogens is 2. The first-order chi connectivity index (χ1) is 10.4. The average molecular weight is 340 g/mol. The van der Waals surface area contributed by atoms with Gasteiger partial charge in [-0.05, 0) is 36.4 Å². The molecule has 0 radical (unpaired) electrons. The van der Waals surface area contributed by atoms with Crippen LogP contribution in [0.25, 0.3) is 11.0 Å². The zero-order valence-corrected chi connectivity index (χ0v) is 13.0. The third kappa shape index (κ3) is 2.65. The highest BCUT2D eigenvalue weighted by atomic mass is 35.5. The van der Waals surface area contributed by atoms with Crippen LogP contribution < -0.4 is 4.72 Å². The lowest BCUT2D eigenvalue weighted by Gasteiger charge is -2.09. The van der Waals surface area contributed by atoms with Crippen molar-refractivity contribution in [3.05, 3.63) is 53.6 Å². The lowest BCUT2D eigenvalue weighted by Crippen LogP contribution is -2.13. The Hall–Kier alpha value is -2.12. The molecule has 5 nitrogen and oxygen atoms in total. The number of halogens is 2. The maximum Gasteiger partial charge on any atom is 0.261 e. The molecule has 0 bridgehead atoms. The van der Waals surface area contributed by atoms with E-state index in [4.69, 9.17) is 11.6 Å². The fourth-order valence-corrected chi connectivity index (χ4v) is 3.31. The Morgan fingerprint density at radius 2 is 2.00 bits per heavy atom. The second kappa shape index (κ2) is 5.26. The van der Waals surface area contributed by atoms with Crippen LogP contribution in [-0.4, -0.2) is 18.0 Å². The second-order valence-corrected chi connectivity index (χ2v) is 6.83. The molecule has 0 unspecified atom stereocenters. The summed E-state index contributed by atoms with van der Waals surface area (Å²) in [6.45, 7) is 0. The Kier molecular flexibility index (Phi) is 3.54. The Morgan fingerprint density at radius 1 is 1.23 bits per heavy atom. The van der Waals surface area contributed by atoms with Gasteiger partial charge in [0.1, 0.15) is 5.82 Å². The van der Waals surface area contributed by atoms with E-state index >= 15 is 0 Å². The van der Waals surface area contributed by atoms with E-state index in [1.54, 1.807) is 17.0 Å². The predicted molar refractivity (Wildman–Crippen MR) is 82.9 cm³/mol. The Balaban J connectivity index is 1.98. The van der Waals surface area contributed by atoms with E-state index in [1.807, 2.05) is 7.05 Å². The van der Waals surface area contributed by atoms with Gasteiger partial charge in [-0.1, -0.05) is 11.6 Å². The molecule has 22 heavy (non-hydrogen) atoms. The number of fused-ring (bicyclic) bond motifs is 1. The number of nitrogens with zero attached hydrogens (tertiary/aromatic N) is 2. The van der Waals surface area contributed by atoms with Crippen molar-refractivity contribution in [2.24, 2.45) is 7.05 Å². The molecular formula is C14H11ClFN3O2S. The number of benzene rings is 2. The zero-order chi connectivity index (χ0) is 15.9. The van der Waals surface area contributed by atoms with E-state index in [-0.39, 0.29) is 15.6 Å². The molecule has 2 aromatic carbocycles. The van der Waals surface area contributed by atoms with Crippen molar-refractivity contribution in [1.29, 1.82) is 0 Å². The number of imidazole rings is 1. The van der Waals surface area contributed by atoms with Gasteiger partial charge in [0.05, 0.1) is 33.0 Å². The molecule has 1 N–H and O–H groups in total. The van der Waals surface area contributed by atoms with Crippen molar-refractivity contribution in [2.75, 3.05) is 4.72 Å². The highest BCUT2D eigenvalue weighted by Crippen LogP contribution is 2.23. The first kappa shape index (κ1) is 14.8. The van der Waals surface area contributed by atoms with Gasteiger partial charge in [0.25, 0.3) is 10.0 Å². The molecule has 0 fully saturated rings. The van der Waals surface area contributed by atoms with Crippen LogP contribution in [0.2, 0.25) is 5.02 Å². The topological polar surface area (TPSA) is 64.0 Å². The summed E-state index contributed by atoms with van der Waals surface area (Å²) < 4.78 is 42.0. The van der Waals surface area contributed by atoms with Crippen molar-refractivity contribution in [2.45, 2.75) is 4.90 Å². The summed E-state index contributed by atoms with van der Waals surface area (Å²) >= 11 is 5.65. The van der Waals surface area contributed by atoms with E-state index in [1.165, 1.54) is 24.3 Å². The molecule has 1 heterocycles. The maximum atomic E-state index is 13.1. The van der Waals surface area contributed by atoms with E-state index in [9.17, 15) is 12.8 Å². The minimum atomic E-state index is -3.81. The summed E-state index contributed by atoms with van der Waals surface area (Å²) in [5, 5.41) is -0.152. The largest absolute Gasteiger partial charge is 0.334 e. The van der Waals surface area contributed by atoms with Crippen LogP contribution >= 0.6 is 11.6 Å². The summed E-state index contributed by atoms with van der Waals surface area (Å²) in [6.07, 6.45) is 1.61. The quantitative estimate of drug-likeness (QED) is 0.797. The number of anilines is 1. The van der Waals surface area contributed by atoms with Crippen molar-refractivity contribution < 1.29 is 12.8 Å². The summed E-state index contributed by atoms with van der Waals surface area (Å²) in [5.74, 6) is -0.612. The molecular weight excluding hydrogens is 329 g/mol. The highest BCUT2D eigenvalue weighted by Gasteiger charge is 2.16. The molecule has 0 saturated carbocycles. The zero-order valence-electron chi connectivity index (χ0n) is 11.4. The van der Waals surface area contributed by atoms with E-state index in [2.05, 4.69) is 9.71 Å². The van der Waals surface area contributed by atoms with Gasteiger partial charge >= 0.3 is 0 Å². The molecule has 3 rings (SSSR count). The summed E-state index contributed by atoms with van der Waals surface area (Å²) in [6, 6.07) is 8.25. The van der Waals surface area contributed by atoms with Crippen LogP contribution in [0.4, 0.5) is 10.1 Å². The molecule has 0 aliphatic rings. The number of aryl methyl sites for hydroxylation is 1. The summed E-state index contributed by atoms with van der Waals surface area (Å²) in [4.78, 5) is 4.19. The van der Waals surface area contributed by atoms with Gasteiger partial charge in [0, 0.05) is 7.05 Å². The highest BCUT2D eigenvalue weighted by molar-refractivity contribution is 7.92. The predicted octanol–water partition coefficient (Wildman–Crippen LogP) is 3.17. The lowest BCUT2D eigenvalue weighted by molar-refractivity contribution is 0.601. The van der Waals surface area contributed by atoms with Crippen LogP contribution in [0.5, 0.6) is 0 Å². The molecule has 114 valence electrons. The third-order valence-electron chi connectivity index (χ3n) is 3.18. The second-order valence-electron chi connectivity index (χ2n) is 4.74. The molecule has 0 atom stereocenters. The Labute approximate surface area is 131 Å². The van der Waals surface area contributed by atoms with Crippen molar-refractivity contribution in [3.63, 3.8) is 0 Å². The van der Waals surface area contributed by atoms with E-state index in [0.29, 0.717) is 5.52 Å². The average Bonchev–Trinajstić information content (AvgIpc) is 2.84. The number of hydrogen-bond donors (Lipinski definition) is 1. The maximum absolute atomic E-state index is 13.1. The minimum absolute atomic E-state index is 0.0687. The molecule has 1 aromatic heterocycles. The fourth-order valence-electron chi connectivity index (χ4n) is 2.06. The molecule has 0 aliphatic carbocycles. The van der Waals surface area contributed by atoms with Crippen molar-refractivity contribution in [3.8, 4) is 0 Å². The normalized spacial score (nSPS) is 11.8. The van der Waals surface area contributed by atoms with Crippen LogP contribution in [0.1, 0.15) is 0 Å². The van der Waals surface area contributed by atoms with Gasteiger partial charge < -0.3 is 4.57 Å². The lowest BCUT2D eigenvalue weighted by atomic mass is 10.3. The third-order valence-corrected chi connectivity index (χ3v) is 4.85. The van der Waals surface area contributed by atoms with Crippen LogP contribution in [-0.2, 0) is 17.1 Å². The molecule has 8 heteroatoms. The van der Waals surface area contributed by atoms with Gasteiger partial charge in [-0.3, -0.25) is 4.72 Å². The number of sulfonamides is 1. The van der Waals surface area contributed by atoms with Crippen LogP contribution in [0.3, 0.4) is 0 Å². The summed E-state index contributed by atoms with van der Waals surface area (Å²) in [5.41, 5.74) is 1.58. The summed E-state index contributed by atoms with van der Waals surface area (Å²) in [7, 11) is -1.98. The van der Waals surface area contributed by atoms with Crippen LogP contribution in [0, 0.1) is 5.82 Å². The molecule has 0 amide bonds. The standard InChI is InChI=1S/C14H11ClFN3O2S/c1-19-8-17-13-7-10(3-5-14(13)19)22(20,21)18-9-2-4-12(16)11(15)6-9/h2-8,18H,1H3. The number of hydrogen-bond acceptors (Lipinski definition) is 3. The first-order valence-corrected chi connectivity index (χ1v) is 8.12.